The van der Waals surface area contributed by atoms with Crippen LogP contribution in [0.3, 0.4) is 0 Å². The van der Waals surface area contributed by atoms with Gasteiger partial charge in [-0.05, 0) is 48.7 Å². The molecule has 1 amide bonds. The smallest absolute Gasteiger partial charge is 0.258 e. The number of nitrogens with zero attached hydrogens (tertiary/aromatic N) is 2. The van der Waals surface area contributed by atoms with E-state index in [-0.39, 0.29) is 12.1 Å². The van der Waals surface area contributed by atoms with Crippen LogP contribution >= 0.6 is 0 Å². The lowest BCUT2D eigenvalue weighted by Crippen LogP contribution is -2.44. The minimum absolute atomic E-state index is 0.110. The molecule has 0 radical (unpaired) electrons. The Labute approximate surface area is 164 Å². The molecule has 140 valence electrons. The summed E-state index contributed by atoms with van der Waals surface area (Å²) < 4.78 is 5.86. The van der Waals surface area contributed by atoms with Crippen molar-refractivity contribution in [1.82, 2.24) is 9.88 Å². The number of ether oxygens (including phenoxy) is 1. The van der Waals surface area contributed by atoms with Crippen LogP contribution in [0.1, 0.15) is 40.5 Å². The van der Waals surface area contributed by atoms with Crippen molar-refractivity contribution in [1.29, 1.82) is 0 Å². The minimum Gasteiger partial charge on any atom is -0.489 e. The molecule has 2 aliphatic rings. The quantitative estimate of drug-likeness (QED) is 0.723. The highest BCUT2D eigenvalue weighted by atomic mass is 16.5. The lowest BCUT2D eigenvalue weighted by molar-refractivity contribution is 0.0666. The average Bonchev–Trinajstić information content (AvgIpc) is 3.58. The maximum atomic E-state index is 13.1. The van der Waals surface area contributed by atoms with Crippen molar-refractivity contribution in [2.45, 2.75) is 31.7 Å². The fraction of sp³-hybridized carbons (Fsp3) is 0.217. The zero-order valence-corrected chi connectivity index (χ0v) is 15.4. The maximum absolute atomic E-state index is 13.1. The standard InChI is InChI=1S/C23H21N3O2/c27-23-20-5-1-2-6-21(20)25-22(26(23)18-9-10-18)17-7-11-19(12-8-17)28-15-16-4-3-13-24-14-16/h1-8,11-14,18,22,25H,9-10,15H2/t22-/m1/s1. The van der Waals surface area contributed by atoms with E-state index in [1.54, 1.807) is 12.4 Å². The van der Waals surface area contributed by atoms with Gasteiger partial charge in [-0.15, -0.1) is 0 Å². The Morgan fingerprint density at radius 1 is 1.04 bits per heavy atom. The molecule has 0 saturated heterocycles. The third-order valence-corrected chi connectivity index (χ3v) is 5.23. The van der Waals surface area contributed by atoms with Crippen molar-refractivity contribution in [2.75, 3.05) is 5.32 Å². The molecule has 3 aromatic rings. The fourth-order valence-corrected chi connectivity index (χ4v) is 3.64. The first-order chi connectivity index (χ1) is 13.8. The van der Waals surface area contributed by atoms with Gasteiger partial charge in [0.25, 0.3) is 5.91 Å². The molecule has 1 atom stereocenters. The molecule has 1 saturated carbocycles. The van der Waals surface area contributed by atoms with Gasteiger partial charge in [0.15, 0.2) is 0 Å². The fourth-order valence-electron chi connectivity index (χ4n) is 3.64. The Kier molecular flexibility index (Phi) is 4.20. The molecule has 2 heterocycles. The van der Waals surface area contributed by atoms with E-state index in [4.69, 9.17) is 4.74 Å². The summed E-state index contributed by atoms with van der Waals surface area (Å²) in [5.41, 5.74) is 3.74. The van der Waals surface area contributed by atoms with Crippen LogP contribution in [-0.4, -0.2) is 21.8 Å². The van der Waals surface area contributed by atoms with Gasteiger partial charge in [0.2, 0.25) is 0 Å². The van der Waals surface area contributed by atoms with E-state index in [2.05, 4.69) is 10.3 Å². The van der Waals surface area contributed by atoms with E-state index in [1.165, 1.54) is 0 Å². The van der Waals surface area contributed by atoms with Crippen molar-refractivity contribution in [2.24, 2.45) is 0 Å². The van der Waals surface area contributed by atoms with Crippen molar-refractivity contribution in [3.8, 4) is 5.75 Å². The SMILES string of the molecule is O=C1c2ccccc2N[C@@H](c2ccc(OCc3cccnc3)cc2)N1C1CC1. The topological polar surface area (TPSA) is 54.5 Å². The summed E-state index contributed by atoms with van der Waals surface area (Å²) in [6, 6.07) is 19.9. The number of benzene rings is 2. The molecule has 5 rings (SSSR count). The van der Waals surface area contributed by atoms with Gasteiger partial charge < -0.3 is 15.0 Å². The van der Waals surface area contributed by atoms with Gasteiger partial charge in [-0.2, -0.15) is 0 Å². The summed E-state index contributed by atoms with van der Waals surface area (Å²) >= 11 is 0. The Morgan fingerprint density at radius 3 is 2.61 bits per heavy atom. The molecule has 28 heavy (non-hydrogen) atoms. The lowest BCUT2D eigenvalue weighted by atomic mass is 10.0. The van der Waals surface area contributed by atoms with Crippen LogP contribution < -0.4 is 10.1 Å². The number of anilines is 1. The van der Waals surface area contributed by atoms with E-state index in [0.717, 1.165) is 41.0 Å². The van der Waals surface area contributed by atoms with Crippen LogP contribution in [0.5, 0.6) is 5.75 Å². The third-order valence-electron chi connectivity index (χ3n) is 5.23. The second kappa shape index (κ2) is 7.00. The number of carbonyl (C=O) groups is 1. The first kappa shape index (κ1) is 16.8. The highest BCUT2D eigenvalue weighted by molar-refractivity contribution is 6.02. The predicted molar refractivity (Wildman–Crippen MR) is 107 cm³/mol. The molecule has 1 aliphatic heterocycles. The zero-order valence-electron chi connectivity index (χ0n) is 15.4. The summed E-state index contributed by atoms with van der Waals surface area (Å²) in [7, 11) is 0. The number of aromatic nitrogens is 1. The minimum atomic E-state index is -0.151. The van der Waals surface area contributed by atoms with Crippen LogP contribution in [0.2, 0.25) is 0 Å². The second-order valence-corrected chi connectivity index (χ2v) is 7.26. The van der Waals surface area contributed by atoms with Crippen molar-refractivity contribution >= 4 is 11.6 Å². The number of rotatable bonds is 5. The summed E-state index contributed by atoms with van der Waals surface area (Å²) in [5.74, 6) is 0.909. The molecule has 2 aromatic carbocycles. The molecule has 0 spiro atoms. The van der Waals surface area contributed by atoms with Gasteiger partial charge in [0.1, 0.15) is 18.5 Å². The molecule has 0 unspecified atom stereocenters. The Bertz CT molecular complexity index is 984. The van der Waals surface area contributed by atoms with Crippen LogP contribution in [-0.2, 0) is 6.61 Å². The van der Waals surface area contributed by atoms with Gasteiger partial charge >= 0.3 is 0 Å². The molecule has 5 nitrogen and oxygen atoms in total. The normalized spacial score (nSPS) is 18.4. The van der Waals surface area contributed by atoms with Crippen molar-refractivity contribution in [3.05, 3.63) is 89.7 Å². The molecular formula is C23H21N3O2. The number of carbonyl (C=O) groups excluding carboxylic acids is 1. The Morgan fingerprint density at radius 2 is 1.86 bits per heavy atom. The number of para-hydroxylation sites is 1. The lowest BCUT2D eigenvalue weighted by Gasteiger charge is -2.38. The summed E-state index contributed by atoms with van der Waals surface area (Å²) in [5, 5.41) is 3.55. The van der Waals surface area contributed by atoms with E-state index in [9.17, 15) is 4.79 Å². The van der Waals surface area contributed by atoms with Gasteiger partial charge in [-0.25, -0.2) is 0 Å². The van der Waals surface area contributed by atoms with Gasteiger partial charge in [0.05, 0.1) is 5.56 Å². The number of nitrogens with one attached hydrogen (secondary N) is 1. The van der Waals surface area contributed by atoms with Crippen LogP contribution in [0.15, 0.2) is 73.1 Å². The molecule has 1 fully saturated rings. The number of fused-ring (bicyclic) bond motifs is 1. The summed E-state index contributed by atoms with van der Waals surface area (Å²) in [4.78, 5) is 19.2. The Hall–Kier alpha value is -3.34. The van der Waals surface area contributed by atoms with Gasteiger partial charge in [0, 0.05) is 29.7 Å². The highest BCUT2D eigenvalue weighted by Crippen LogP contribution is 2.40. The van der Waals surface area contributed by atoms with Crippen LogP contribution in [0.4, 0.5) is 5.69 Å². The number of hydrogen-bond acceptors (Lipinski definition) is 4. The maximum Gasteiger partial charge on any atom is 0.258 e. The highest BCUT2D eigenvalue weighted by Gasteiger charge is 2.41. The third kappa shape index (κ3) is 3.20. The number of hydrogen-bond donors (Lipinski definition) is 1. The monoisotopic (exact) mass is 371 g/mol. The first-order valence-corrected chi connectivity index (χ1v) is 9.59. The Balaban J connectivity index is 1.37. The van der Waals surface area contributed by atoms with Gasteiger partial charge in [-0.1, -0.05) is 30.3 Å². The molecule has 1 aliphatic carbocycles. The average molecular weight is 371 g/mol. The van der Waals surface area contributed by atoms with E-state index < -0.39 is 0 Å². The predicted octanol–water partition coefficient (Wildman–Crippen LogP) is 4.39. The number of amides is 1. The largest absolute Gasteiger partial charge is 0.489 e. The van der Waals surface area contributed by atoms with Crippen LogP contribution in [0.25, 0.3) is 0 Å². The molecule has 0 bridgehead atoms. The summed E-state index contributed by atoms with van der Waals surface area (Å²) in [6.45, 7) is 0.481. The van der Waals surface area contributed by atoms with E-state index in [0.29, 0.717) is 12.6 Å². The van der Waals surface area contributed by atoms with Gasteiger partial charge in [-0.3, -0.25) is 9.78 Å². The van der Waals surface area contributed by atoms with Crippen LogP contribution in [0, 0.1) is 0 Å². The molecule has 1 aromatic heterocycles. The molecule has 1 N–H and O–H groups in total. The van der Waals surface area contributed by atoms with E-state index in [1.807, 2.05) is 65.6 Å². The number of pyridine rings is 1. The van der Waals surface area contributed by atoms with E-state index >= 15 is 0 Å². The zero-order chi connectivity index (χ0) is 18.9. The van der Waals surface area contributed by atoms with Crippen molar-refractivity contribution in [3.63, 3.8) is 0 Å². The molecule has 5 heteroatoms. The first-order valence-electron chi connectivity index (χ1n) is 9.59. The van der Waals surface area contributed by atoms with Crippen molar-refractivity contribution < 1.29 is 9.53 Å². The second-order valence-electron chi connectivity index (χ2n) is 7.26. The summed E-state index contributed by atoms with van der Waals surface area (Å²) in [6.07, 6.45) is 5.54. The molecular weight excluding hydrogens is 350 g/mol.